The number of fused-ring (bicyclic) bond motifs is 1. The molecule has 1 aromatic rings. The summed E-state index contributed by atoms with van der Waals surface area (Å²) >= 11 is 0. The number of nitrogens with one attached hydrogen (secondary N) is 1. The fourth-order valence-electron chi connectivity index (χ4n) is 2.78. The minimum absolute atomic E-state index is 0.0614. The first kappa shape index (κ1) is 16.0. The third kappa shape index (κ3) is 2.49. The number of hydrogen-bond donors (Lipinski definition) is 1. The molecule has 2 aliphatic heterocycles. The van der Waals surface area contributed by atoms with Gasteiger partial charge in [0.05, 0.1) is 18.9 Å². The summed E-state index contributed by atoms with van der Waals surface area (Å²) in [5, 5.41) is 3.81. The monoisotopic (exact) mass is 331 g/mol. The molecule has 1 fully saturated rings. The Morgan fingerprint density at radius 3 is 2.50 bits per heavy atom. The number of carbonyl (C=O) groups excluding carboxylic acids is 3. The topological polar surface area (TPSA) is 97.3 Å². The van der Waals surface area contributed by atoms with E-state index in [0.29, 0.717) is 18.0 Å². The van der Waals surface area contributed by atoms with Crippen LogP contribution in [0.5, 0.6) is 5.75 Å². The number of anilines is 1. The number of rotatable bonds is 5. The van der Waals surface area contributed by atoms with Crippen molar-refractivity contribution >= 4 is 29.2 Å². The molecule has 126 valence electrons. The van der Waals surface area contributed by atoms with Crippen LogP contribution in [0.3, 0.4) is 0 Å². The smallest absolute Gasteiger partial charge is 0.355 e. The number of ether oxygens (including phenoxy) is 2. The Morgan fingerprint density at radius 1 is 1.17 bits per heavy atom. The summed E-state index contributed by atoms with van der Waals surface area (Å²) in [5.74, 6) is -1.94. The first-order chi connectivity index (χ1) is 11.6. The van der Waals surface area contributed by atoms with Gasteiger partial charge in [-0.05, 0) is 38.1 Å². The predicted molar refractivity (Wildman–Crippen MR) is 84.6 cm³/mol. The molecule has 2 heterocycles. The normalized spacial score (nSPS) is 22.1. The Kier molecular flexibility index (Phi) is 4.20. The van der Waals surface area contributed by atoms with E-state index >= 15 is 0 Å². The maximum Gasteiger partial charge on any atom is 0.355 e. The van der Waals surface area contributed by atoms with Crippen LogP contribution < -0.4 is 15.1 Å². The van der Waals surface area contributed by atoms with E-state index in [1.165, 1.54) is 0 Å². The molecule has 0 spiro atoms. The summed E-state index contributed by atoms with van der Waals surface area (Å²) in [6, 6.07) is 5.75. The van der Waals surface area contributed by atoms with E-state index in [1.54, 1.807) is 31.2 Å². The van der Waals surface area contributed by atoms with Gasteiger partial charge in [0, 0.05) is 0 Å². The number of imide groups is 1. The molecule has 0 saturated carbocycles. The van der Waals surface area contributed by atoms with E-state index in [-0.39, 0.29) is 12.3 Å². The molecule has 0 aliphatic carbocycles. The first-order valence-electron chi connectivity index (χ1n) is 7.69. The Hall–Kier alpha value is -2.90. The van der Waals surface area contributed by atoms with Gasteiger partial charge < -0.3 is 9.47 Å². The Labute approximate surface area is 138 Å². The molecule has 0 aromatic heterocycles. The van der Waals surface area contributed by atoms with Gasteiger partial charge in [-0.15, -0.1) is 0 Å². The van der Waals surface area contributed by atoms with Crippen LogP contribution in [-0.4, -0.2) is 42.8 Å². The summed E-state index contributed by atoms with van der Waals surface area (Å²) in [6.07, 6.45) is 0. The molecule has 2 atom stereocenters. The van der Waals surface area contributed by atoms with E-state index in [1.807, 2.05) is 6.92 Å². The van der Waals surface area contributed by atoms with Crippen LogP contribution in [0.15, 0.2) is 29.4 Å². The highest BCUT2D eigenvalue weighted by Gasteiger charge is 2.55. The minimum Gasteiger partial charge on any atom is -0.494 e. The number of hydrogen-bond acceptors (Lipinski definition) is 7. The first-order valence-corrected chi connectivity index (χ1v) is 7.69. The van der Waals surface area contributed by atoms with Crippen LogP contribution in [0, 0.1) is 5.92 Å². The van der Waals surface area contributed by atoms with Crippen molar-refractivity contribution in [2.45, 2.75) is 19.9 Å². The highest BCUT2D eigenvalue weighted by Crippen LogP contribution is 2.31. The molecule has 1 saturated heterocycles. The van der Waals surface area contributed by atoms with Crippen LogP contribution in [0.25, 0.3) is 0 Å². The van der Waals surface area contributed by atoms with Gasteiger partial charge in [-0.2, -0.15) is 5.10 Å². The lowest BCUT2D eigenvalue weighted by Gasteiger charge is -2.16. The maximum atomic E-state index is 12.7. The van der Waals surface area contributed by atoms with Crippen molar-refractivity contribution in [2.75, 3.05) is 18.1 Å². The van der Waals surface area contributed by atoms with E-state index in [4.69, 9.17) is 9.47 Å². The standard InChI is InChI=1S/C16H17N3O5/c1-3-23-10-7-5-9(6-8-10)19-14(20)11-12(15(19)21)17-18-13(11)16(22)24-4-2/h5-8,11-12,17H,3-4H2,1-2H3/t11-,12+/m1/s1. The fourth-order valence-corrected chi connectivity index (χ4v) is 2.78. The summed E-state index contributed by atoms with van der Waals surface area (Å²) in [4.78, 5) is 38.2. The van der Waals surface area contributed by atoms with Gasteiger partial charge in [-0.1, -0.05) is 0 Å². The van der Waals surface area contributed by atoms with Crippen molar-refractivity contribution in [3.8, 4) is 5.75 Å². The molecule has 0 bridgehead atoms. The second-order valence-corrected chi connectivity index (χ2v) is 5.24. The molecule has 2 aliphatic rings. The lowest BCUT2D eigenvalue weighted by Crippen LogP contribution is -2.36. The minimum atomic E-state index is -0.955. The summed E-state index contributed by atoms with van der Waals surface area (Å²) in [7, 11) is 0. The number of esters is 1. The van der Waals surface area contributed by atoms with Crippen molar-refractivity contribution in [3.63, 3.8) is 0 Å². The quantitative estimate of drug-likeness (QED) is 0.622. The summed E-state index contributed by atoms with van der Waals surface area (Å²) in [5.41, 5.74) is 2.93. The third-order valence-corrected chi connectivity index (χ3v) is 3.82. The van der Waals surface area contributed by atoms with Gasteiger partial charge in [-0.3, -0.25) is 15.0 Å². The highest BCUT2D eigenvalue weighted by atomic mass is 16.5. The van der Waals surface area contributed by atoms with Crippen molar-refractivity contribution in [3.05, 3.63) is 24.3 Å². The molecule has 8 heteroatoms. The van der Waals surface area contributed by atoms with Gasteiger partial charge in [0.2, 0.25) is 5.91 Å². The van der Waals surface area contributed by atoms with Crippen molar-refractivity contribution in [1.29, 1.82) is 0 Å². The second kappa shape index (κ2) is 6.31. The van der Waals surface area contributed by atoms with Crippen molar-refractivity contribution < 1.29 is 23.9 Å². The van der Waals surface area contributed by atoms with Crippen LogP contribution in [0.2, 0.25) is 0 Å². The molecule has 1 aromatic carbocycles. The number of amides is 2. The molecule has 1 N–H and O–H groups in total. The Bertz CT molecular complexity index is 713. The maximum absolute atomic E-state index is 12.7. The number of nitrogens with zero attached hydrogens (tertiary/aromatic N) is 2. The second-order valence-electron chi connectivity index (χ2n) is 5.24. The van der Waals surface area contributed by atoms with Gasteiger partial charge in [-0.25, -0.2) is 9.69 Å². The van der Waals surface area contributed by atoms with E-state index < -0.39 is 29.7 Å². The molecule has 0 unspecified atom stereocenters. The Morgan fingerprint density at radius 2 is 1.88 bits per heavy atom. The van der Waals surface area contributed by atoms with Crippen LogP contribution in [0.4, 0.5) is 5.69 Å². The lowest BCUT2D eigenvalue weighted by molar-refractivity contribution is -0.136. The van der Waals surface area contributed by atoms with E-state index in [0.717, 1.165) is 4.90 Å². The molecule has 24 heavy (non-hydrogen) atoms. The lowest BCUT2D eigenvalue weighted by atomic mass is 9.99. The molecule has 0 radical (unpaired) electrons. The molecule has 3 rings (SSSR count). The zero-order chi connectivity index (χ0) is 17.3. The summed E-state index contributed by atoms with van der Waals surface area (Å²) in [6.45, 7) is 4.21. The van der Waals surface area contributed by atoms with Crippen molar-refractivity contribution in [1.82, 2.24) is 5.43 Å². The molecular weight excluding hydrogens is 314 g/mol. The highest BCUT2D eigenvalue weighted by molar-refractivity contribution is 6.46. The largest absolute Gasteiger partial charge is 0.494 e. The Balaban J connectivity index is 1.85. The zero-order valence-corrected chi connectivity index (χ0v) is 13.3. The molecule has 8 nitrogen and oxygen atoms in total. The van der Waals surface area contributed by atoms with Crippen molar-refractivity contribution in [2.24, 2.45) is 11.0 Å². The molecule has 2 amide bonds. The van der Waals surface area contributed by atoms with E-state index in [9.17, 15) is 14.4 Å². The molecular formula is C16H17N3O5. The fraction of sp³-hybridized carbons (Fsp3) is 0.375. The van der Waals surface area contributed by atoms with Crippen LogP contribution >= 0.6 is 0 Å². The van der Waals surface area contributed by atoms with Gasteiger partial charge in [0.25, 0.3) is 5.91 Å². The number of hydrazone groups is 1. The van der Waals surface area contributed by atoms with Gasteiger partial charge in [0.1, 0.15) is 17.7 Å². The van der Waals surface area contributed by atoms with Crippen LogP contribution in [-0.2, 0) is 19.1 Å². The van der Waals surface area contributed by atoms with Gasteiger partial charge in [0.15, 0.2) is 5.71 Å². The predicted octanol–water partition coefficient (Wildman–Crippen LogP) is 0.466. The SMILES string of the molecule is CCOC(=O)C1=NN[C@@H]2C(=O)N(c3ccc(OCC)cc3)C(=O)[C@@H]12. The zero-order valence-electron chi connectivity index (χ0n) is 13.3. The average molecular weight is 331 g/mol. The van der Waals surface area contributed by atoms with Gasteiger partial charge >= 0.3 is 5.97 Å². The number of carbonyl (C=O) groups is 3. The average Bonchev–Trinajstić information content (AvgIpc) is 3.10. The summed E-state index contributed by atoms with van der Waals surface area (Å²) < 4.78 is 10.2. The number of benzene rings is 1. The van der Waals surface area contributed by atoms with E-state index in [2.05, 4.69) is 10.5 Å². The third-order valence-electron chi connectivity index (χ3n) is 3.82. The van der Waals surface area contributed by atoms with Crippen LogP contribution in [0.1, 0.15) is 13.8 Å².